The van der Waals surface area contributed by atoms with Gasteiger partial charge in [0.05, 0.1) is 5.92 Å². The highest BCUT2D eigenvalue weighted by Gasteiger charge is 2.59. The standard InChI is InChI=1S/C16H18INO3/c1-10-2-3-11(8-13(10)17)14(19)18-6-4-16(5-7-18)9-12(16)15(20)21/h2-3,8,12H,4-7,9H2,1H3,(H,20,21). The van der Waals surface area contributed by atoms with Gasteiger partial charge in [0.25, 0.3) is 5.91 Å². The number of hydrogen-bond acceptors (Lipinski definition) is 2. The molecule has 1 unspecified atom stereocenters. The van der Waals surface area contributed by atoms with E-state index < -0.39 is 5.97 Å². The fourth-order valence-corrected chi connectivity index (χ4v) is 3.83. The predicted octanol–water partition coefficient (Wildman–Crippen LogP) is 2.93. The molecule has 0 aromatic heterocycles. The van der Waals surface area contributed by atoms with Crippen LogP contribution >= 0.6 is 22.6 Å². The summed E-state index contributed by atoms with van der Waals surface area (Å²) < 4.78 is 1.10. The van der Waals surface area contributed by atoms with Crippen molar-refractivity contribution in [1.82, 2.24) is 4.90 Å². The molecule has 112 valence electrons. The third kappa shape index (κ3) is 2.67. The summed E-state index contributed by atoms with van der Waals surface area (Å²) in [5.74, 6) is -0.798. The van der Waals surface area contributed by atoms with Gasteiger partial charge in [-0.2, -0.15) is 0 Å². The Morgan fingerprint density at radius 2 is 2.00 bits per heavy atom. The number of carbonyl (C=O) groups is 2. The highest BCUT2D eigenvalue weighted by atomic mass is 127. The number of aryl methyl sites for hydroxylation is 1. The number of benzene rings is 1. The molecule has 5 heteroatoms. The predicted molar refractivity (Wildman–Crippen MR) is 87.2 cm³/mol. The minimum atomic E-state index is -0.678. The minimum absolute atomic E-state index is 0.0235. The summed E-state index contributed by atoms with van der Waals surface area (Å²) >= 11 is 2.24. The Morgan fingerprint density at radius 3 is 2.52 bits per heavy atom. The Bertz CT molecular complexity index is 606. The Morgan fingerprint density at radius 1 is 1.33 bits per heavy atom. The molecule has 0 bridgehead atoms. The molecule has 3 rings (SSSR count). The van der Waals surface area contributed by atoms with Gasteiger partial charge in [-0.15, -0.1) is 0 Å². The molecule has 4 nitrogen and oxygen atoms in total. The topological polar surface area (TPSA) is 57.6 Å². The van der Waals surface area contributed by atoms with Crippen molar-refractivity contribution in [3.63, 3.8) is 0 Å². The molecule has 1 atom stereocenters. The summed E-state index contributed by atoms with van der Waals surface area (Å²) in [6.07, 6.45) is 2.42. The van der Waals surface area contributed by atoms with E-state index >= 15 is 0 Å². The first-order valence-corrected chi connectivity index (χ1v) is 8.29. The number of hydrogen-bond donors (Lipinski definition) is 1. The number of likely N-dealkylation sites (tertiary alicyclic amines) is 1. The lowest BCUT2D eigenvalue weighted by Crippen LogP contribution is -2.40. The maximum atomic E-state index is 12.5. The van der Waals surface area contributed by atoms with E-state index in [2.05, 4.69) is 22.6 Å². The third-order valence-corrected chi connectivity index (χ3v) is 6.12. The Kier molecular flexibility index (Phi) is 3.71. The quantitative estimate of drug-likeness (QED) is 0.779. The first-order chi connectivity index (χ1) is 9.93. The van der Waals surface area contributed by atoms with E-state index in [-0.39, 0.29) is 17.2 Å². The van der Waals surface area contributed by atoms with Crippen LogP contribution in [0.5, 0.6) is 0 Å². The third-order valence-electron chi connectivity index (χ3n) is 4.95. The number of rotatable bonds is 2. The maximum Gasteiger partial charge on any atom is 0.307 e. The van der Waals surface area contributed by atoms with Crippen LogP contribution in [-0.4, -0.2) is 35.0 Å². The molecule has 1 heterocycles. The van der Waals surface area contributed by atoms with Crippen molar-refractivity contribution in [2.45, 2.75) is 26.2 Å². The van der Waals surface area contributed by atoms with Gasteiger partial charge in [-0.25, -0.2) is 0 Å². The lowest BCUT2D eigenvalue weighted by molar-refractivity contribution is -0.139. The summed E-state index contributed by atoms with van der Waals surface area (Å²) in [4.78, 5) is 25.4. The van der Waals surface area contributed by atoms with E-state index in [0.717, 1.165) is 28.4 Å². The second-order valence-electron chi connectivity index (χ2n) is 6.21. The van der Waals surface area contributed by atoms with Gasteiger partial charge in [-0.05, 0) is 71.9 Å². The molecule has 1 aliphatic heterocycles. The van der Waals surface area contributed by atoms with Gasteiger partial charge < -0.3 is 10.0 Å². The van der Waals surface area contributed by atoms with Crippen molar-refractivity contribution in [2.75, 3.05) is 13.1 Å². The SMILES string of the molecule is Cc1ccc(C(=O)N2CCC3(CC2)CC3C(=O)O)cc1I. The molecule has 1 saturated heterocycles. The van der Waals surface area contributed by atoms with Crippen LogP contribution in [0.2, 0.25) is 0 Å². The van der Waals surface area contributed by atoms with Crippen molar-refractivity contribution in [3.8, 4) is 0 Å². The van der Waals surface area contributed by atoms with E-state index in [1.165, 1.54) is 5.56 Å². The summed E-state index contributed by atoms with van der Waals surface area (Å²) in [6.45, 7) is 3.37. The number of carboxylic acids is 1. The summed E-state index contributed by atoms with van der Waals surface area (Å²) in [7, 11) is 0. The molecule has 0 radical (unpaired) electrons. The first kappa shape index (κ1) is 14.8. The molecule has 21 heavy (non-hydrogen) atoms. The average Bonchev–Trinajstić information content (AvgIpc) is 3.16. The average molecular weight is 399 g/mol. The minimum Gasteiger partial charge on any atom is -0.481 e. The molecule has 1 aromatic rings. The zero-order valence-electron chi connectivity index (χ0n) is 11.9. The number of nitrogens with zero attached hydrogens (tertiary/aromatic N) is 1. The van der Waals surface area contributed by atoms with Gasteiger partial charge in [0.15, 0.2) is 0 Å². The number of halogens is 1. The van der Waals surface area contributed by atoms with Crippen LogP contribution in [0, 0.1) is 21.8 Å². The Hall–Kier alpha value is -1.11. The highest BCUT2D eigenvalue weighted by Crippen LogP contribution is 2.59. The van der Waals surface area contributed by atoms with Crippen LogP contribution in [0.4, 0.5) is 0 Å². The number of carbonyl (C=O) groups excluding carboxylic acids is 1. The number of amides is 1. The molecule has 1 N–H and O–H groups in total. The van der Waals surface area contributed by atoms with Gasteiger partial charge >= 0.3 is 5.97 Å². The van der Waals surface area contributed by atoms with E-state index in [9.17, 15) is 9.59 Å². The molecule has 1 spiro atoms. The summed E-state index contributed by atoms with van der Waals surface area (Å²) in [5, 5.41) is 9.10. The number of aliphatic carboxylic acids is 1. The molecule has 2 fully saturated rings. The van der Waals surface area contributed by atoms with Gasteiger partial charge in [0.1, 0.15) is 0 Å². The lowest BCUT2D eigenvalue weighted by Gasteiger charge is -2.32. The Balaban J connectivity index is 1.66. The fraction of sp³-hybridized carbons (Fsp3) is 0.500. The van der Waals surface area contributed by atoms with E-state index in [0.29, 0.717) is 13.1 Å². The number of piperidine rings is 1. The van der Waals surface area contributed by atoms with Gasteiger partial charge in [-0.1, -0.05) is 6.07 Å². The molecule has 1 aromatic carbocycles. The highest BCUT2D eigenvalue weighted by molar-refractivity contribution is 14.1. The monoisotopic (exact) mass is 399 g/mol. The molecule has 2 aliphatic rings. The van der Waals surface area contributed by atoms with E-state index in [1.54, 1.807) is 0 Å². The smallest absolute Gasteiger partial charge is 0.307 e. The first-order valence-electron chi connectivity index (χ1n) is 7.21. The van der Waals surface area contributed by atoms with Crippen LogP contribution in [0.15, 0.2) is 18.2 Å². The van der Waals surface area contributed by atoms with Gasteiger partial charge in [0, 0.05) is 22.2 Å². The lowest BCUT2D eigenvalue weighted by atomic mass is 9.90. The van der Waals surface area contributed by atoms with Crippen LogP contribution in [0.25, 0.3) is 0 Å². The van der Waals surface area contributed by atoms with E-state index in [4.69, 9.17) is 5.11 Å². The van der Waals surface area contributed by atoms with Crippen molar-refractivity contribution in [3.05, 3.63) is 32.9 Å². The molecular formula is C16H18INO3. The van der Waals surface area contributed by atoms with Crippen molar-refractivity contribution >= 4 is 34.5 Å². The molecule has 1 amide bonds. The van der Waals surface area contributed by atoms with Crippen LogP contribution in [0.1, 0.15) is 35.2 Å². The largest absolute Gasteiger partial charge is 0.481 e. The number of carboxylic acid groups (broad SMARTS) is 1. The molecule has 1 saturated carbocycles. The second-order valence-corrected chi connectivity index (χ2v) is 7.38. The van der Waals surface area contributed by atoms with Crippen molar-refractivity contribution in [2.24, 2.45) is 11.3 Å². The van der Waals surface area contributed by atoms with Gasteiger partial charge in [0.2, 0.25) is 0 Å². The van der Waals surface area contributed by atoms with Crippen LogP contribution < -0.4 is 0 Å². The van der Waals surface area contributed by atoms with Crippen LogP contribution in [-0.2, 0) is 4.79 Å². The summed E-state index contributed by atoms with van der Waals surface area (Å²) in [5.41, 5.74) is 1.88. The van der Waals surface area contributed by atoms with E-state index in [1.807, 2.05) is 30.0 Å². The molecule has 1 aliphatic carbocycles. The zero-order valence-corrected chi connectivity index (χ0v) is 14.1. The maximum absolute atomic E-state index is 12.5. The normalized spacial score (nSPS) is 23.1. The summed E-state index contributed by atoms with van der Waals surface area (Å²) in [6, 6.07) is 5.78. The second kappa shape index (κ2) is 5.26. The van der Waals surface area contributed by atoms with Crippen LogP contribution in [0.3, 0.4) is 0 Å². The molecular weight excluding hydrogens is 381 g/mol. The Labute approximate surface area is 137 Å². The van der Waals surface area contributed by atoms with Crippen molar-refractivity contribution < 1.29 is 14.7 Å². The zero-order chi connectivity index (χ0) is 15.2. The van der Waals surface area contributed by atoms with Crippen molar-refractivity contribution in [1.29, 1.82) is 0 Å². The van der Waals surface area contributed by atoms with Gasteiger partial charge in [-0.3, -0.25) is 9.59 Å². The fourth-order valence-electron chi connectivity index (χ4n) is 3.31.